The molecule has 3 nitrogen and oxygen atoms in total. The van der Waals surface area contributed by atoms with E-state index >= 15 is 0 Å². The molecule has 15 heavy (non-hydrogen) atoms. The molecule has 0 aliphatic carbocycles. The fourth-order valence-corrected chi connectivity index (χ4v) is 1.51. The SMILES string of the molecule is COc1cccc(F)c1[C@H](N)CCCO. The molecular weight excluding hydrogens is 197 g/mol. The summed E-state index contributed by atoms with van der Waals surface area (Å²) in [5.74, 6) is 0.0974. The molecule has 1 rings (SSSR count). The van der Waals surface area contributed by atoms with Crippen LogP contribution in [0.4, 0.5) is 4.39 Å². The average molecular weight is 213 g/mol. The van der Waals surface area contributed by atoms with E-state index < -0.39 is 6.04 Å². The van der Waals surface area contributed by atoms with E-state index in [0.717, 1.165) is 0 Å². The summed E-state index contributed by atoms with van der Waals surface area (Å²) in [4.78, 5) is 0. The number of hydrogen-bond donors (Lipinski definition) is 2. The minimum atomic E-state index is -0.437. The minimum Gasteiger partial charge on any atom is -0.496 e. The van der Waals surface area contributed by atoms with E-state index in [-0.39, 0.29) is 12.4 Å². The fourth-order valence-electron chi connectivity index (χ4n) is 1.51. The van der Waals surface area contributed by atoms with Crippen LogP contribution in [0.5, 0.6) is 5.75 Å². The lowest BCUT2D eigenvalue weighted by atomic mass is 10.0. The molecule has 1 aromatic rings. The third-order valence-electron chi connectivity index (χ3n) is 2.28. The van der Waals surface area contributed by atoms with Gasteiger partial charge in [0.05, 0.1) is 7.11 Å². The number of rotatable bonds is 5. The summed E-state index contributed by atoms with van der Waals surface area (Å²) in [6.07, 6.45) is 1.09. The summed E-state index contributed by atoms with van der Waals surface area (Å²) in [5, 5.41) is 8.68. The molecule has 0 amide bonds. The lowest BCUT2D eigenvalue weighted by molar-refractivity contribution is 0.278. The van der Waals surface area contributed by atoms with Crippen molar-refractivity contribution in [2.75, 3.05) is 13.7 Å². The van der Waals surface area contributed by atoms with Crippen LogP contribution in [0.25, 0.3) is 0 Å². The molecule has 1 aromatic carbocycles. The lowest BCUT2D eigenvalue weighted by Crippen LogP contribution is -2.14. The third-order valence-corrected chi connectivity index (χ3v) is 2.28. The number of hydrogen-bond acceptors (Lipinski definition) is 3. The molecule has 0 bridgehead atoms. The Morgan fingerprint density at radius 3 is 2.87 bits per heavy atom. The predicted octanol–water partition coefficient (Wildman–Crippen LogP) is 1.61. The van der Waals surface area contributed by atoms with Crippen LogP contribution in [-0.2, 0) is 0 Å². The predicted molar refractivity (Wildman–Crippen MR) is 56.2 cm³/mol. The molecule has 0 radical (unpaired) electrons. The highest BCUT2D eigenvalue weighted by atomic mass is 19.1. The molecule has 0 saturated carbocycles. The van der Waals surface area contributed by atoms with Crippen LogP contribution in [0.1, 0.15) is 24.4 Å². The molecule has 0 aliphatic heterocycles. The van der Waals surface area contributed by atoms with Crippen molar-refractivity contribution < 1.29 is 14.2 Å². The molecule has 84 valence electrons. The van der Waals surface area contributed by atoms with Crippen LogP contribution >= 0.6 is 0 Å². The van der Waals surface area contributed by atoms with Crippen molar-refractivity contribution in [1.29, 1.82) is 0 Å². The highest BCUT2D eigenvalue weighted by Gasteiger charge is 2.16. The van der Waals surface area contributed by atoms with Crippen molar-refractivity contribution in [3.63, 3.8) is 0 Å². The lowest BCUT2D eigenvalue weighted by Gasteiger charge is -2.15. The highest BCUT2D eigenvalue weighted by Crippen LogP contribution is 2.28. The van der Waals surface area contributed by atoms with E-state index in [1.807, 2.05) is 0 Å². The number of halogens is 1. The molecule has 0 saturated heterocycles. The zero-order chi connectivity index (χ0) is 11.3. The molecule has 0 aliphatic rings. The largest absolute Gasteiger partial charge is 0.496 e. The van der Waals surface area contributed by atoms with Gasteiger partial charge < -0.3 is 15.6 Å². The van der Waals surface area contributed by atoms with Crippen LogP contribution in [-0.4, -0.2) is 18.8 Å². The van der Waals surface area contributed by atoms with Crippen LogP contribution in [0.3, 0.4) is 0 Å². The molecule has 1 atom stereocenters. The second-order valence-electron chi connectivity index (χ2n) is 3.33. The van der Waals surface area contributed by atoms with Gasteiger partial charge in [0.25, 0.3) is 0 Å². The van der Waals surface area contributed by atoms with Gasteiger partial charge in [-0.25, -0.2) is 4.39 Å². The highest BCUT2D eigenvalue weighted by molar-refractivity contribution is 5.36. The zero-order valence-electron chi connectivity index (χ0n) is 8.74. The number of methoxy groups -OCH3 is 1. The maximum atomic E-state index is 13.5. The first-order valence-corrected chi connectivity index (χ1v) is 4.89. The van der Waals surface area contributed by atoms with Gasteiger partial charge in [-0.2, -0.15) is 0 Å². The smallest absolute Gasteiger partial charge is 0.131 e. The van der Waals surface area contributed by atoms with Gasteiger partial charge in [-0.15, -0.1) is 0 Å². The standard InChI is InChI=1S/C11H16FNO2/c1-15-10-6-2-4-8(12)11(10)9(13)5-3-7-14/h2,4,6,9,14H,3,5,7,13H2,1H3/t9-/m1/s1. The van der Waals surface area contributed by atoms with E-state index in [2.05, 4.69) is 0 Å². The van der Waals surface area contributed by atoms with Crippen molar-refractivity contribution in [3.05, 3.63) is 29.6 Å². The Labute approximate surface area is 88.7 Å². The fraction of sp³-hybridized carbons (Fsp3) is 0.455. The van der Waals surface area contributed by atoms with Crippen LogP contribution < -0.4 is 10.5 Å². The van der Waals surface area contributed by atoms with Gasteiger partial charge in [-0.05, 0) is 25.0 Å². The number of ether oxygens (including phenoxy) is 1. The second-order valence-corrected chi connectivity index (χ2v) is 3.33. The molecule has 4 heteroatoms. The Morgan fingerprint density at radius 1 is 1.53 bits per heavy atom. The normalized spacial score (nSPS) is 12.5. The van der Waals surface area contributed by atoms with E-state index in [0.29, 0.717) is 24.2 Å². The van der Waals surface area contributed by atoms with E-state index in [1.165, 1.54) is 13.2 Å². The van der Waals surface area contributed by atoms with E-state index in [1.54, 1.807) is 12.1 Å². The van der Waals surface area contributed by atoms with Crippen molar-refractivity contribution in [1.82, 2.24) is 0 Å². The summed E-state index contributed by atoms with van der Waals surface area (Å²) in [5.41, 5.74) is 6.21. The van der Waals surface area contributed by atoms with Crippen molar-refractivity contribution in [3.8, 4) is 5.75 Å². The van der Waals surface area contributed by atoms with Gasteiger partial charge in [-0.3, -0.25) is 0 Å². The topological polar surface area (TPSA) is 55.5 Å². The first-order chi connectivity index (χ1) is 7.20. The Morgan fingerprint density at radius 2 is 2.27 bits per heavy atom. The summed E-state index contributed by atoms with van der Waals surface area (Å²) in [6, 6.07) is 4.18. The summed E-state index contributed by atoms with van der Waals surface area (Å²) in [7, 11) is 1.48. The van der Waals surface area contributed by atoms with E-state index in [9.17, 15) is 4.39 Å². The number of benzene rings is 1. The van der Waals surface area contributed by atoms with Gasteiger partial charge in [0.1, 0.15) is 11.6 Å². The summed E-state index contributed by atoms with van der Waals surface area (Å²) < 4.78 is 18.5. The van der Waals surface area contributed by atoms with Crippen molar-refractivity contribution in [2.45, 2.75) is 18.9 Å². The third kappa shape index (κ3) is 2.91. The Bertz CT molecular complexity index is 317. The summed E-state index contributed by atoms with van der Waals surface area (Å²) in [6.45, 7) is 0.0600. The minimum absolute atomic E-state index is 0.0600. The molecule has 3 N–H and O–H groups in total. The van der Waals surface area contributed by atoms with E-state index in [4.69, 9.17) is 15.6 Å². The Hall–Kier alpha value is -1.13. The first kappa shape index (κ1) is 11.9. The molecule has 0 fully saturated rings. The van der Waals surface area contributed by atoms with Crippen LogP contribution in [0, 0.1) is 5.82 Å². The number of aliphatic hydroxyl groups is 1. The number of nitrogens with two attached hydrogens (primary N) is 1. The summed E-state index contributed by atoms with van der Waals surface area (Å²) >= 11 is 0. The van der Waals surface area contributed by atoms with Crippen molar-refractivity contribution in [2.24, 2.45) is 5.73 Å². The number of aliphatic hydroxyl groups excluding tert-OH is 1. The molecule has 0 unspecified atom stereocenters. The van der Waals surface area contributed by atoms with Gasteiger partial charge in [0.15, 0.2) is 0 Å². The monoisotopic (exact) mass is 213 g/mol. The van der Waals surface area contributed by atoms with Gasteiger partial charge in [-0.1, -0.05) is 6.07 Å². The molecule has 0 spiro atoms. The zero-order valence-corrected chi connectivity index (χ0v) is 8.74. The van der Waals surface area contributed by atoms with Gasteiger partial charge in [0.2, 0.25) is 0 Å². The molecule has 0 aromatic heterocycles. The molecular formula is C11H16FNO2. The average Bonchev–Trinajstić information content (AvgIpc) is 2.25. The van der Waals surface area contributed by atoms with Crippen LogP contribution in [0.2, 0.25) is 0 Å². The van der Waals surface area contributed by atoms with Gasteiger partial charge in [0, 0.05) is 18.2 Å². The van der Waals surface area contributed by atoms with Crippen LogP contribution in [0.15, 0.2) is 18.2 Å². The second kappa shape index (κ2) is 5.68. The Balaban J connectivity index is 2.90. The maximum Gasteiger partial charge on any atom is 0.131 e. The Kier molecular flexibility index (Phi) is 4.52. The first-order valence-electron chi connectivity index (χ1n) is 4.89. The van der Waals surface area contributed by atoms with Gasteiger partial charge >= 0.3 is 0 Å². The maximum absolute atomic E-state index is 13.5. The quantitative estimate of drug-likeness (QED) is 0.781. The molecule has 0 heterocycles. The van der Waals surface area contributed by atoms with Crippen molar-refractivity contribution >= 4 is 0 Å².